The minimum atomic E-state index is -0.646. The van der Waals surface area contributed by atoms with Gasteiger partial charge in [0.05, 0.1) is 12.1 Å². The SMILES string of the molecule is C[C@@H](O)C(Cc1ccccc1)NC(=O)OC(C)(C)C. The average Bonchev–Trinajstić information content (AvgIpc) is 2.26. The van der Waals surface area contributed by atoms with Gasteiger partial charge in [0.15, 0.2) is 0 Å². The number of benzene rings is 1. The van der Waals surface area contributed by atoms with E-state index in [1.807, 2.05) is 30.3 Å². The lowest BCUT2D eigenvalue weighted by Crippen LogP contribution is -2.45. The maximum Gasteiger partial charge on any atom is 0.407 e. The second-order valence-electron chi connectivity index (χ2n) is 5.68. The predicted molar refractivity (Wildman–Crippen MR) is 75.0 cm³/mol. The van der Waals surface area contributed by atoms with Crippen molar-refractivity contribution < 1.29 is 14.6 Å². The summed E-state index contributed by atoms with van der Waals surface area (Å²) in [6.45, 7) is 7.08. The first-order valence-corrected chi connectivity index (χ1v) is 6.49. The summed E-state index contributed by atoms with van der Waals surface area (Å²) in [4.78, 5) is 11.7. The number of hydrogen-bond donors (Lipinski definition) is 2. The molecule has 0 saturated carbocycles. The van der Waals surface area contributed by atoms with Crippen LogP contribution in [-0.2, 0) is 11.2 Å². The van der Waals surface area contributed by atoms with Gasteiger partial charge < -0.3 is 15.2 Å². The van der Waals surface area contributed by atoms with E-state index in [0.717, 1.165) is 5.56 Å². The smallest absolute Gasteiger partial charge is 0.407 e. The van der Waals surface area contributed by atoms with Gasteiger partial charge in [0.1, 0.15) is 5.60 Å². The highest BCUT2D eigenvalue weighted by Crippen LogP contribution is 2.10. The number of nitrogens with one attached hydrogen (secondary N) is 1. The van der Waals surface area contributed by atoms with E-state index in [1.54, 1.807) is 27.7 Å². The fraction of sp³-hybridized carbons (Fsp3) is 0.533. The molecule has 0 aromatic heterocycles. The van der Waals surface area contributed by atoms with Crippen molar-refractivity contribution >= 4 is 6.09 Å². The largest absolute Gasteiger partial charge is 0.444 e. The Morgan fingerprint density at radius 2 is 1.89 bits per heavy atom. The highest BCUT2D eigenvalue weighted by Gasteiger charge is 2.22. The van der Waals surface area contributed by atoms with Crippen LogP contribution in [0.2, 0.25) is 0 Å². The number of carbonyl (C=O) groups excluding carboxylic acids is 1. The highest BCUT2D eigenvalue weighted by molar-refractivity contribution is 5.68. The van der Waals surface area contributed by atoms with E-state index in [0.29, 0.717) is 6.42 Å². The van der Waals surface area contributed by atoms with Gasteiger partial charge in [-0.2, -0.15) is 0 Å². The number of aliphatic hydroxyl groups is 1. The Balaban J connectivity index is 2.61. The average molecular weight is 265 g/mol. The van der Waals surface area contributed by atoms with Gasteiger partial charge in [-0.05, 0) is 39.7 Å². The van der Waals surface area contributed by atoms with Crippen LogP contribution < -0.4 is 5.32 Å². The summed E-state index contributed by atoms with van der Waals surface area (Å²) in [5.41, 5.74) is 0.518. The van der Waals surface area contributed by atoms with Gasteiger partial charge in [0, 0.05) is 0 Å². The molecule has 0 fully saturated rings. The van der Waals surface area contributed by atoms with Crippen molar-refractivity contribution in [2.45, 2.75) is 51.9 Å². The first-order valence-electron chi connectivity index (χ1n) is 6.49. The monoisotopic (exact) mass is 265 g/mol. The van der Waals surface area contributed by atoms with Crippen molar-refractivity contribution in [3.05, 3.63) is 35.9 Å². The number of aliphatic hydroxyl groups excluding tert-OH is 1. The van der Waals surface area contributed by atoms with Crippen molar-refractivity contribution in [3.63, 3.8) is 0 Å². The zero-order valence-corrected chi connectivity index (χ0v) is 12.0. The van der Waals surface area contributed by atoms with Crippen molar-refractivity contribution in [2.24, 2.45) is 0 Å². The normalized spacial score (nSPS) is 14.6. The van der Waals surface area contributed by atoms with E-state index in [1.165, 1.54) is 0 Å². The molecule has 4 nitrogen and oxygen atoms in total. The molecule has 1 aromatic carbocycles. The Labute approximate surface area is 114 Å². The maximum atomic E-state index is 11.7. The van der Waals surface area contributed by atoms with Gasteiger partial charge in [0.2, 0.25) is 0 Å². The second-order valence-corrected chi connectivity index (χ2v) is 5.68. The van der Waals surface area contributed by atoms with Crippen LogP contribution in [0.1, 0.15) is 33.3 Å². The quantitative estimate of drug-likeness (QED) is 0.879. The molecule has 0 aliphatic heterocycles. The molecule has 0 aliphatic rings. The number of hydrogen-bond acceptors (Lipinski definition) is 3. The number of carbonyl (C=O) groups is 1. The molecule has 0 radical (unpaired) electrons. The van der Waals surface area contributed by atoms with Crippen LogP contribution in [0.5, 0.6) is 0 Å². The zero-order chi connectivity index (χ0) is 14.5. The molecule has 2 atom stereocenters. The van der Waals surface area contributed by atoms with Crippen molar-refractivity contribution in [2.75, 3.05) is 0 Å². The Morgan fingerprint density at radius 1 is 1.32 bits per heavy atom. The van der Waals surface area contributed by atoms with E-state index < -0.39 is 17.8 Å². The van der Waals surface area contributed by atoms with E-state index in [2.05, 4.69) is 5.32 Å². The molecule has 1 unspecified atom stereocenters. The Bertz CT molecular complexity index is 396. The van der Waals surface area contributed by atoms with Gasteiger partial charge >= 0.3 is 6.09 Å². The molecule has 1 amide bonds. The first kappa shape index (κ1) is 15.5. The van der Waals surface area contributed by atoms with Crippen molar-refractivity contribution in [1.29, 1.82) is 0 Å². The number of amides is 1. The Hall–Kier alpha value is -1.55. The zero-order valence-electron chi connectivity index (χ0n) is 12.0. The van der Waals surface area contributed by atoms with Crippen LogP contribution in [0.25, 0.3) is 0 Å². The molecule has 1 rings (SSSR count). The minimum Gasteiger partial charge on any atom is -0.444 e. The predicted octanol–water partition coefficient (Wildman–Crippen LogP) is 2.50. The summed E-state index contributed by atoms with van der Waals surface area (Å²) in [5, 5.41) is 12.5. The minimum absolute atomic E-state index is 0.364. The molecule has 0 aliphatic carbocycles. The third-order valence-electron chi connectivity index (χ3n) is 2.58. The molecule has 1 aromatic rings. The Kier molecular flexibility index (Phi) is 5.36. The summed E-state index contributed by atoms with van der Waals surface area (Å²) < 4.78 is 5.19. The summed E-state index contributed by atoms with van der Waals surface area (Å²) in [6, 6.07) is 9.36. The van der Waals surface area contributed by atoms with E-state index >= 15 is 0 Å². The van der Waals surface area contributed by atoms with E-state index in [4.69, 9.17) is 4.74 Å². The molecule has 2 N–H and O–H groups in total. The lowest BCUT2D eigenvalue weighted by atomic mass is 10.0. The van der Waals surface area contributed by atoms with Crippen LogP contribution in [0.15, 0.2) is 30.3 Å². The van der Waals surface area contributed by atoms with Gasteiger partial charge in [-0.3, -0.25) is 0 Å². The molecule has 106 valence electrons. The fourth-order valence-corrected chi connectivity index (χ4v) is 1.67. The Morgan fingerprint density at radius 3 is 2.37 bits per heavy atom. The molecular formula is C15H23NO3. The second kappa shape index (κ2) is 6.57. The van der Waals surface area contributed by atoms with Crippen LogP contribution in [0.4, 0.5) is 4.79 Å². The molecule has 0 bridgehead atoms. The van der Waals surface area contributed by atoms with Crippen molar-refractivity contribution in [1.82, 2.24) is 5.32 Å². The topological polar surface area (TPSA) is 58.6 Å². The van der Waals surface area contributed by atoms with Gasteiger partial charge in [-0.1, -0.05) is 30.3 Å². The standard InChI is InChI=1S/C15H23NO3/c1-11(17)13(10-12-8-6-5-7-9-12)16-14(18)19-15(2,3)4/h5-9,11,13,17H,10H2,1-4H3,(H,16,18)/t11-,13?/m1/s1. The van der Waals surface area contributed by atoms with E-state index in [9.17, 15) is 9.90 Å². The third-order valence-corrected chi connectivity index (χ3v) is 2.58. The van der Waals surface area contributed by atoms with Crippen LogP contribution >= 0.6 is 0 Å². The number of rotatable bonds is 4. The molecule has 0 heterocycles. The van der Waals surface area contributed by atoms with E-state index in [-0.39, 0.29) is 6.04 Å². The van der Waals surface area contributed by atoms with Crippen LogP contribution in [0.3, 0.4) is 0 Å². The lowest BCUT2D eigenvalue weighted by Gasteiger charge is -2.25. The molecule has 0 saturated heterocycles. The molecular weight excluding hydrogens is 242 g/mol. The summed E-state index contributed by atoms with van der Waals surface area (Å²) >= 11 is 0. The highest BCUT2D eigenvalue weighted by atomic mass is 16.6. The number of ether oxygens (including phenoxy) is 1. The maximum absolute atomic E-state index is 11.7. The summed E-state index contributed by atoms with van der Waals surface area (Å²) in [5.74, 6) is 0. The van der Waals surface area contributed by atoms with Crippen molar-refractivity contribution in [3.8, 4) is 0 Å². The van der Waals surface area contributed by atoms with Gasteiger partial charge in [-0.15, -0.1) is 0 Å². The third kappa shape index (κ3) is 6.25. The number of alkyl carbamates (subject to hydrolysis) is 1. The first-order chi connectivity index (χ1) is 8.78. The summed E-state index contributed by atoms with van der Waals surface area (Å²) in [6.07, 6.45) is -0.584. The summed E-state index contributed by atoms with van der Waals surface area (Å²) in [7, 11) is 0. The molecule has 4 heteroatoms. The molecule has 19 heavy (non-hydrogen) atoms. The van der Waals surface area contributed by atoms with Gasteiger partial charge in [-0.25, -0.2) is 4.79 Å². The molecule has 0 spiro atoms. The fourth-order valence-electron chi connectivity index (χ4n) is 1.67. The van der Waals surface area contributed by atoms with Crippen LogP contribution in [0, 0.1) is 0 Å². The van der Waals surface area contributed by atoms with Crippen LogP contribution in [-0.4, -0.2) is 28.9 Å². The lowest BCUT2D eigenvalue weighted by molar-refractivity contribution is 0.0437. The van der Waals surface area contributed by atoms with Gasteiger partial charge in [0.25, 0.3) is 0 Å².